The number of amides is 1. The van der Waals surface area contributed by atoms with Crippen molar-refractivity contribution in [3.05, 3.63) is 58.9 Å². The van der Waals surface area contributed by atoms with Crippen molar-refractivity contribution < 1.29 is 13.9 Å². The van der Waals surface area contributed by atoms with Gasteiger partial charge in [0.25, 0.3) is 5.91 Å². The van der Waals surface area contributed by atoms with Crippen molar-refractivity contribution in [2.75, 3.05) is 11.9 Å². The molecule has 0 saturated carbocycles. The molecule has 0 radical (unpaired) electrons. The lowest BCUT2D eigenvalue weighted by atomic mass is 10.0. The zero-order valence-corrected chi connectivity index (χ0v) is 13.9. The minimum atomic E-state index is -0.382. The summed E-state index contributed by atoms with van der Waals surface area (Å²) < 4.78 is 18.9. The number of halogens is 1. The molecule has 0 spiro atoms. The van der Waals surface area contributed by atoms with Crippen molar-refractivity contribution in [2.45, 2.75) is 33.6 Å². The molecule has 2 rings (SSSR count). The van der Waals surface area contributed by atoms with E-state index in [4.69, 9.17) is 4.74 Å². The van der Waals surface area contributed by atoms with Gasteiger partial charge in [-0.15, -0.1) is 0 Å². The number of anilines is 1. The van der Waals surface area contributed by atoms with Crippen LogP contribution in [0, 0.1) is 19.7 Å². The third-order valence-electron chi connectivity index (χ3n) is 3.71. The van der Waals surface area contributed by atoms with E-state index in [0.29, 0.717) is 17.4 Å². The molecule has 0 bridgehead atoms. The molecule has 0 aliphatic carbocycles. The van der Waals surface area contributed by atoms with Crippen LogP contribution in [-0.4, -0.2) is 12.5 Å². The van der Waals surface area contributed by atoms with Crippen LogP contribution in [0.1, 0.15) is 36.5 Å². The number of carbonyl (C=O) groups excluding carboxylic acids is 1. The third kappa shape index (κ3) is 4.55. The van der Waals surface area contributed by atoms with E-state index in [0.717, 1.165) is 16.7 Å². The molecular formula is C19H22FNO2. The Morgan fingerprint density at radius 2 is 1.83 bits per heavy atom. The Hall–Kier alpha value is -2.36. The van der Waals surface area contributed by atoms with Gasteiger partial charge in [-0.05, 0) is 54.7 Å². The summed E-state index contributed by atoms with van der Waals surface area (Å²) in [5.74, 6) is 0.393. The van der Waals surface area contributed by atoms with Crippen molar-refractivity contribution in [1.82, 2.24) is 0 Å². The van der Waals surface area contributed by atoms with Gasteiger partial charge in [-0.25, -0.2) is 4.39 Å². The van der Waals surface area contributed by atoms with E-state index in [1.165, 1.54) is 12.1 Å². The van der Waals surface area contributed by atoms with Crippen molar-refractivity contribution in [2.24, 2.45) is 0 Å². The van der Waals surface area contributed by atoms with Crippen molar-refractivity contribution in [3.63, 3.8) is 0 Å². The molecule has 2 aromatic rings. The van der Waals surface area contributed by atoms with Gasteiger partial charge in [-0.3, -0.25) is 4.79 Å². The Morgan fingerprint density at radius 1 is 1.13 bits per heavy atom. The molecule has 0 fully saturated rings. The van der Waals surface area contributed by atoms with Crippen LogP contribution in [0.5, 0.6) is 5.75 Å². The quantitative estimate of drug-likeness (QED) is 0.877. The Kier molecular flexibility index (Phi) is 5.37. The van der Waals surface area contributed by atoms with Crippen LogP contribution in [0.4, 0.5) is 10.1 Å². The van der Waals surface area contributed by atoms with Gasteiger partial charge in [0.05, 0.1) is 0 Å². The smallest absolute Gasteiger partial charge is 0.262 e. The molecule has 2 aromatic carbocycles. The lowest BCUT2D eigenvalue weighted by Gasteiger charge is -2.13. The zero-order valence-electron chi connectivity index (χ0n) is 13.9. The maximum absolute atomic E-state index is 13.2. The lowest BCUT2D eigenvalue weighted by Crippen LogP contribution is -2.21. The second-order valence-corrected chi connectivity index (χ2v) is 5.98. The van der Waals surface area contributed by atoms with Crippen LogP contribution in [-0.2, 0) is 4.79 Å². The van der Waals surface area contributed by atoms with Crippen molar-refractivity contribution >= 4 is 11.6 Å². The molecule has 1 N–H and O–H groups in total. The number of carbonyl (C=O) groups is 1. The predicted molar refractivity (Wildman–Crippen MR) is 90.5 cm³/mol. The Balaban J connectivity index is 2.02. The van der Waals surface area contributed by atoms with E-state index in [1.807, 2.05) is 26.0 Å². The largest absolute Gasteiger partial charge is 0.483 e. The number of hydrogen-bond acceptors (Lipinski definition) is 2. The second kappa shape index (κ2) is 7.27. The van der Waals surface area contributed by atoms with Gasteiger partial charge < -0.3 is 10.1 Å². The molecular weight excluding hydrogens is 293 g/mol. The monoisotopic (exact) mass is 315 g/mol. The number of rotatable bonds is 5. The van der Waals surface area contributed by atoms with E-state index >= 15 is 0 Å². The number of aryl methyl sites for hydroxylation is 2. The molecule has 0 aliphatic rings. The third-order valence-corrected chi connectivity index (χ3v) is 3.71. The molecule has 3 nitrogen and oxygen atoms in total. The molecule has 122 valence electrons. The average Bonchev–Trinajstić information content (AvgIpc) is 2.50. The summed E-state index contributed by atoms with van der Waals surface area (Å²) in [5, 5.41) is 2.67. The van der Waals surface area contributed by atoms with Crippen LogP contribution in [0.2, 0.25) is 0 Å². The molecule has 0 saturated heterocycles. The SMILES string of the molecule is Cc1ccc(F)cc1NC(=O)COc1cc(C(C)C)ccc1C. The highest BCUT2D eigenvalue weighted by Gasteiger charge is 2.09. The first-order chi connectivity index (χ1) is 10.9. The molecule has 1 amide bonds. The normalized spacial score (nSPS) is 10.7. The van der Waals surface area contributed by atoms with E-state index in [1.54, 1.807) is 6.07 Å². The Morgan fingerprint density at radius 3 is 2.52 bits per heavy atom. The first kappa shape index (κ1) is 17.0. The summed E-state index contributed by atoms with van der Waals surface area (Å²) in [6, 6.07) is 10.3. The number of ether oxygens (including phenoxy) is 1. The first-order valence-electron chi connectivity index (χ1n) is 7.66. The summed E-state index contributed by atoms with van der Waals surface area (Å²) in [5.41, 5.74) is 3.40. The summed E-state index contributed by atoms with van der Waals surface area (Å²) in [4.78, 5) is 12.0. The number of hydrogen-bond donors (Lipinski definition) is 1. The maximum Gasteiger partial charge on any atom is 0.262 e. The first-order valence-corrected chi connectivity index (χ1v) is 7.66. The van der Waals surface area contributed by atoms with Gasteiger partial charge in [0.15, 0.2) is 6.61 Å². The Bertz CT molecular complexity index is 711. The van der Waals surface area contributed by atoms with E-state index in [9.17, 15) is 9.18 Å². The van der Waals surface area contributed by atoms with Crippen molar-refractivity contribution in [1.29, 1.82) is 0 Å². The van der Waals surface area contributed by atoms with E-state index < -0.39 is 0 Å². The predicted octanol–water partition coefficient (Wildman–Crippen LogP) is 4.58. The highest BCUT2D eigenvalue weighted by atomic mass is 19.1. The van der Waals surface area contributed by atoms with E-state index in [-0.39, 0.29) is 18.3 Å². The summed E-state index contributed by atoms with van der Waals surface area (Å²) in [7, 11) is 0. The Labute approximate surface area is 136 Å². The summed E-state index contributed by atoms with van der Waals surface area (Å²) in [6.07, 6.45) is 0. The molecule has 0 aliphatic heterocycles. The van der Waals surface area contributed by atoms with Crippen LogP contribution in [0.3, 0.4) is 0 Å². The van der Waals surface area contributed by atoms with E-state index in [2.05, 4.69) is 25.2 Å². The van der Waals surface area contributed by atoms with Crippen LogP contribution in [0.15, 0.2) is 36.4 Å². The summed E-state index contributed by atoms with van der Waals surface area (Å²) >= 11 is 0. The van der Waals surface area contributed by atoms with Crippen LogP contribution >= 0.6 is 0 Å². The minimum absolute atomic E-state index is 0.113. The van der Waals surface area contributed by atoms with Gasteiger partial charge >= 0.3 is 0 Å². The topological polar surface area (TPSA) is 38.3 Å². The van der Waals surface area contributed by atoms with Gasteiger partial charge in [0.1, 0.15) is 11.6 Å². The molecule has 4 heteroatoms. The fourth-order valence-corrected chi connectivity index (χ4v) is 2.19. The maximum atomic E-state index is 13.2. The average molecular weight is 315 g/mol. The van der Waals surface area contributed by atoms with Crippen molar-refractivity contribution in [3.8, 4) is 5.75 Å². The lowest BCUT2D eigenvalue weighted by molar-refractivity contribution is -0.118. The van der Waals surface area contributed by atoms with Crippen LogP contribution < -0.4 is 10.1 Å². The number of nitrogens with one attached hydrogen (secondary N) is 1. The van der Waals surface area contributed by atoms with Gasteiger partial charge in [-0.1, -0.05) is 32.0 Å². The highest BCUT2D eigenvalue weighted by molar-refractivity contribution is 5.92. The molecule has 23 heavy (non-hydrogen) atoms. The standard InChI is InChI=1S/C19H22FNO2/c1-12(2)15-7-5-14(4)18(9-15)23-11-19(22)21-17-10-16(20)8-6-13(17)3/h5-10,12H,11H2,1-4H3,(H,21,22). The fraction of sp³-hybridized carbons (Fsp3) is 0.316. The molecule has 0 atom stereocenters. The van der Waals surface area contributed by atoms with Gasteiger partial charge in [0, 0.05) is 5.69 Å². The molecule has 0 heterocycles. The zero-order chi connectivity index (χ0) is 17.0. The second-order valence-electron chi connectivity index (χ2n) is 5.98. The highest BCUT2D eigenvalue weighted by Crippen LogP contribution is 2.24. The number of benzene rings is 2. The van der Waals surface area contributed by atoms with Crippen LogP contribution in [0.25, 0.3) is 0 Å². The molecule has 0 aromatic heterocycles. The minimum Gasteiger partial charge on any atom is -0.483 e. The fourth-order valence-electron chi connectivity index (χ4n) is 2.19. The van der Waals surface area contributed by atoms with Gasteiger partial charge in [0.2, 0.25) is 0 Å². The van der Waals surface area contributed by atoms with Gasteiger partial charge in [-0.2, -0.15) is 0 Å². The molecule has 0 unspecified atom stereocenters. The summed E-state index contributed by atoms with van der Waals surface area (Å²) in [6.45, 7) is 7.85.